The van der Waals surface area contributed by atoms with Crippen LogP contribution in [-0.4, -0.2) is 43.7 Å². The topological polar surface area (TPSA) is 88.8 Å². The van der Waals surface area contributed by atoms with Crippen molar-refractivity contribution < 1.29 is 4.79 Å². The highest BCUT2D eigenvalue weighted by molar-refractivity contribution is 5.93. The number of amides is 1. The molecule has 2 aromatic heterocycles. The SMILES string of the molecule is O=C(Nc1ccc2c(c1)Cc1ccccc1-2)C1CCN(c2cc(-n3cncn3)ncn2)CC1. The molecule has 6 rings (SSSR count). The number of piperidine rings is 1. The summed E-state index contributed by atoms with van der Waals surface area (Å²) in [6, 6.07) is 16.7. The lowest BCUT2D eigenvalue weighted by Gasteiger charge is -2.32. The fourth-order valence-corrected chi connectivity index (χ4v) is 4.80. The van der Waals surface area contributed by atoms with Crippen LogP contribution in [0.3, 0.4) is 0 Å². The molecule has 2 aromatic carbocycles. The molecule has 33 heavy (non-hydrogen) atoms. The lowest BCUT2D eigenvalue weighted by molar-refractivity contribution is -0.120. The van der Waals surface area contributed by atoms with E-state index in [1.54, 1.807) is 11.0 Å². The molecule has 0 radical (unpaired) electrons. The van der Waals surface area contributed by atoms with Crippen LogP contribution < -0.4 is 10.2 Å². The van der Waals surface area contributed by atoms with Crippen LogP contribution in [0, 0.1) is 5.92 Å². The van der Waals surface area contributed by atoms with Gasteiger partial charge in [0, 0.05) is 30.8 Å². The van der Waals surface area contributed by atoms with Gasteiger partial charge < -0.3 is 10.2 Å². The van der Waals surface area contributed by atoms with E-state index in [0.29, 0.717) is 5.82 Å². The van der Waals surface area contributed by atoms with E-state index in [2.05, 4.69) is 66.7 Å². The average molecular weight is 438 g/mol. The van der Waals surface area contributed by atoms with Gasteiger partial charge in [0.1, 0.15) is 24.8 Å². The van der Waals surface area contributed by atoms with Gasteiger partial charge in [-0.1, -0.05) is 30.3 Å². The number of carbonyl (C=O) groups is 1. The van der Waals surface area contributed by atoms with Crippen molar-refractivity contribution >= 4 is 17.4 Å². The highest BCUT2D eigenvalue weighted by atomic mass is 16.1. The molecule has 1 aliphatic carbocycles. The minimum atomic E-state index is -0.0108. The number of anilines is 2. The summed E-state index contributed by atoms with van der Waals surface area (Å²) >= 11 is 0. The summed E-state index contributed by atoms with van der Waals surface area (Å²) in [6.45, 7) is 1.54. The number of nitrogens with zero attached hydrogens (tertiary/aromatic N) is 6. The zero-order valence-electron chi connectivity index (χ0n) is 18.1. The number of fused-ring (bicyclic) bond motifs is 3. The average Bonchev–Trinajstić information content (AvgIpc) is 3.52. The molecule has 164 valence electrons. The second-order valence-electron chi connectivity index (χ2n) is 8.53. The van der Waals surface area contributed by atoms with Gasteiger partial charge in [-0.25, -0.2) is 19.6 Å². The maximum absolute atomic E-state index is 13.0. The second kappa shape index (κ2) is 8.12. The summed E-state index contributed by atoms with van der Waals surface area (Å²) in [5.41, 5.74) is 6.07. The van der Waals surface area contributed by atoms with Crippen LogP contribution in [0.2, 0.25) is 0 Å². The normalized spacial score (nSPS) is 15.2. The molecule has 4 aromatic rings. The molecule has 2 aliphatic rings. The van der Waals surface area contributed by atoms with Crippen LogP contribution in [0.1, 0.15) is 24.0 Å². The number of aromatic nitrogens is 5. The number of carbonyl (C=O) groups excluding carboxylic acids is 1. The molecule has 8 nitrogen and oxygen atoms in total. The molecule has 3 heterocycles. The van der Waals surface area contributed by atoms with E-state index in [1.165, 1.54) is 34.9 Å². The molecule has 1 aliphatic heterocycles. The Kier molecular flexibility index (Phi) is 4.83. The number of nitrogens with one attached hydrogen (secondary N) is 1. The van der Waals surface area contributed by atoms with E-state index in [0.717, 1.165) is 43.9 Å². The lowest BCUT2D eigenvalue weighted by Crippen LogP contribution is -2.38. The molecule has 1 N–H and O–H groups in total. The number of benzene rings is 2. The maximum Gasteiger partial charge on any atom is 0.227 e. The van der Waals surface area contributed by atoms with E-state index in [9.17, 15) is 4.79 Å². The van der Waals surface area contributed by atoms with Gasteiger partial charge in [-0.2, -0.15) is 5.10 Å². The van der Waals surface area contributed by atoms with Crippen LogP contribution in [-0.2, 0) is 11.2 Å². The van der Waals surface area contributed by atoms with Gasteiger partial charge in [-0.05, 0) is 53.6 Å². The third-order valence-electron chi connectivity index (χ3n) is 6.54. The number of hydrogen-bond acceptors (Lipinski definition) is 6. The van der Waals surface area contributed by atoms with Gasteiger partial charge in [0.15, 0.2) is 5.82 Å². The van der Waals surface area contributed by atoms with Gasteiger partial charge in [0.05, 0.1) is 0 Å². The quantitative estimate of drug-likeness (QED) is 0.463. The summed E-state index contributed by atoms with van der Waals surface area (Å²) in [6.07, 6.45) is 7.11. The van der Waals surface area contributed by atoms with Crippen molar-refractivity contribution in [3.05, 3.63) is 78.6 Å². The molecule has 0 saturated carbocycles. The van der Waals surface area contributed by atoms with Gasteiger partial charge in [-0.15, -0.1) is 0 Å². The predicted octanol–water partition coefficient (Wildman–Crippen LogP) is 3.48. The Morgan fingerprint density at radius 2 is 1.73 bits per heavy atom. The molecule has 1 fully saturated rings. The largest absolute Gasteiger partial charge is 0.356 e. The molecule has 0 bridgehead atoms. The Hall–Kier alpha value is -4.07. The monoisotopic (exact) mass is 437 g/mol. The Balaban J connectivity index is 1.09. The molecular formula is C25H23N7O. The van der Waals surface area contributed by atoms with E-state index in [4.69, 9.17) is 0 Å². The van der Waals surface area contributed by atoms with Gasteiger partial charge in [0.2, 0.25) is 5.91 Å². The highest BCUT2D eigenvalue weighted by Gasteiger charge is 2.26. The molecule has 0 unspecified atom stereocenters. The molecule has 8 heteroatoms. The third-order valence-corrected chi connectivity index (χ3v) is 6.54. The summed E-state index contributed by atoms with van der Waals surface area (Å²) in [7, 11) is 0. The molecule has 0 spiro atoms. The van der Waals surface area contributed by atoms with E-state index in [-0.39, 0.29) is 11.8 Å². The molecule has 1 amide bonds. The van der Waals surface area contributed by atoms with Crippen molar-refractivity contribution in [2.24, 2.45) is 5.92 Å². The van der Waals surface area contributed by atoms with E-state index in [1.807, 2.05) is 12.1 Å². The zero-order chi connectivity index (χ0) is 22.2. The first-order chi connectivity index (χ1) is 16.2. The smallest absolute Gasteiger partial charge is 0.227 e. The minimum Gasteiger partial charge on any atom is -0.356 e. The van der Waals surface area contributed by atoms with Crippen LogP contribution in [0.25, 0.3) is 16.9 Å². The van der Waals surface area contributed by atoms with Crippen LogP contribution in [0.5, 0.6) is 0 Å². The fraction of sp³-hybridized carbons (Fsp3) is 0.240. The summed E-state index contributed by atoms with van der Waals surface area (Å²) < 4.78 is 1.61. The Labute approximate surface area is 191 Å². The molecular weight excluding hydrogens is 414 g/mol. The van der Waals surface area contributed by atoms with Crippen molar-refractivity contribution in [2.75, 3.05) is 23.3 Å². The first-order valence-corrected chi connectivity index (χ1v) is 11.2. The Morgan fingerprint density at radius 3 is 2.58 bits per heavy atom. The summed E-state index contributed by atoms with van der Waals surface area (Å²) in [5, 5.41) is 7.27. The van der Waals surface area contributed by atoms with E-state index < -0.39 is 0 Å². The Morgan fingerprint density at radius 1 is 0.909 bits per heavy atom. The van der Waals surface area contributed by atoms with Crippen molar-refractivity contribution in [2.45, 2.75) is 19.3 Å². The first kappa shape index (κ1) is 19.6. The van der Waals surface area contributed by atoms with Crippen LogP contribution >= 0.6 is 0 Å². The molecule has 0 atom stereocenters. The fourth-order valence-electron chi connectivity index (χ4n) is 4.80. The molecule has 1 saturated heterocycles. The maximum atomic E-state index is 13.0. The summed E-state index contributed by atoms with van der Waals surface area (Å²) in [4.78, 5) is 27.8. The standard InChI is InChI=1S/C25H23N7O/c33-25(30-20-5-6-22-19(12-20)11-18-3-1-2-4-21(18)22)17-7-9-31(10-8-17)23-13-24(28-15-27-23)32-16-26-14-29-32/h1-6,12-17H,7-11H2,(H,30,33). The van der Waals surface area contributed by atoms with Crippen LogP contribution in [0.15, 0.2) is 67.5 Å². The van der Waals surface area contributed by atoms with Gasteiger partial charge in [-0.3, -0.25) is 4.79 Å². The Bertz CT molecular complexity index is 1310. The third kappa shape index (κ3) is 3.73. The highest BCUT2D eigenvalue weighted by Crippen LogP contribution is 2.37. The van der Waals surface area contributed by atoms with Gasteiger partial charge >= 0.3 is 0 Å². The first-order valence-electron chi connectivity index (χ1n) is 11.2. The van der Waals surface area contributed by atoms with Crippen molar-refractivity contribution in [3.63, 3.8) is 0 Å². The van der Waals surface area contributed by atoms with Gasteiger partial charge in [0.25, 0.3) is 0 Å². The summed E-state index contributed by atoms with van der Waals surface area (Å²) in [5.74, 6) is 1.60. The second-order valence-corrected chi connectivity index (χ2v) is 8.53. The van der Waals surface area contributed by atoms with Crippen molar-refractivity contribution in [1.29, 1.82) is 0 Å². The van der Waals surface area contributed by atoms with Crippen molar-refractivity contribution in [3.8, 4) is 16.9 Å². The zero-order valence-corrected chi connectivity index (χ0v) is 18.1. The lowest BCUT2D eigenvalue weighted by atomic mass is 9.95. The predicted molar refractivity (Wildman–Crippen MR) is 125 cm³/mol. The van der Waals surface area contributed by atoms with Crippen molar-refractivity contribution in [1.82, 2.24) is 24.7 Å². The van der Waals surface area contributed by atoms with Crippen LogP contribution in [0.4, 0.5) is 11.5 Å². The minimum absolute atomic E-state index is 0.0108. The number of hydrogen-bond donors (Lipinski definition) is 1. The van der Waals surface area contributed by atoms with E-state index >= 15 is 0 Å². The number of rotatable bonds is 4.